The number of pyridine rings is 1. The van der Waals surface area contributed by atoms with Gasteiger partial charge in [0.05, 0.1) is 22.8 Å². The molecule has 43 heavy (non-hydrogen) atoms. The molecule has 1 saturated carbocycles. The molecule has 5 rings (SSSR count). The maximum Gasteiger partial charge on any atom is 0.252 e. The Balaban J connectivity index is 0.00000500. The highest BCUT2D eigenvalue weighted by Gasteiger charge is 2.48. The van der Waals surface area contributed by atoms with Crippen LogP contribution >= 0.6 is 11.6 Å². The topological polar surface area (TPSA) is 106 Å². The van der Waals surface area contributed by atoms with E-state index in [0.29, 0.717) is 23.1 Å². The van der Waals surface area contributed by atoms with Crippen molar-refractivity contribution >= 4 is 40.8 Å². The van der Waals surface area contributed by atoms with Crippen LogP contribution in [-0.2, 0) is 14.4 Å². The first-order valence-electron chi connectivity index (χ1n) is 14.5. The summed E-state index contributed by atoms with van der Waals surface area (Å²) in [5.74, 6) is -8.64. The zero-order valence-electron chi connectivity index (χ0n) is 25.4. The van der Waals surface area contributed by atoms with Crippen LogP contribution in [0.4, 0.5) is 29.1 Å². The molecule has 3 aromatic rings. The first-order valence-corrected chi connectivity index (χ1v) is 12.9. The predicted molar refractivity (Wildman–Crippen MR) is 150 cm³/mol. The van der Waals surface area contributed by atoms with Crippen LogP contribution in [-0.4, -0.2) is 40.7 Å². The van der Waals surface area contributed by atoms with Gasteiger partial charge in [-0.2, -0.15) is 5.26 Å². The minimum Gasteiger partial charge on any atom is -0.351 e. The lowest BCUT2D eigenvalue weighted by Gasteiger charge is -2.39. The average molecular weight is 620 g/mol. The van der Waals surface area contributed by atoms with Crippen LogP contribution in [0.3, 0.4) is 0 Å². The van der Waals surface area contributed by atoms with Crippen molar-refractivity contribution in [2.45, 2.75) is 57.2 Å². The molecule has 1 aromatic heterocycles. The highest BCUT2D eigenvalue weighted by Crippen LogP contribution is 2.40. The number of alkyl halides is 2. The van der Waals surface area contributed by atoms with Gasteiger partial charge in [-0.15, -0.1) is 0 Å². The molecule has 3 amide bonds. The molecule has 8 nitrogen and oxygen atoms in total. The highest BCUT2D eigenvalue weighted by atomic mass is 35.5. The Morgan fingerprint density at radius 3 is 2.51 bits per heavy atom. The van der Waals surface area contributed by atoms with Crippen LogP contribution in [0.25, 0.3) is 0 Å². The zero-order chi connectivity index (χ0) is 33.7. The summed E-state index contributed by atoms with van der Waals surface area (Å²) in [4.78, 5) is 47.2. The van der Waals surface area contributed by atoms with Gasteiger partial charge in [-0.05, 0) is 36.7 Å². The van der Waals surface area contributed by atoms with Crippen molar-refractivity contribution in [3.8, 4) is 6.07 Å². The van der Waals surface area contributed by atoms with Gasteiger partial charge in [0.15, 0.2) is 0 Å². The molecule has 13 heteroatoms. The molecule has 2 atom stereocenters. The normalized spacial score (nSPS) is 19.5. The number of rotatable bonds is 7. The molecule has 2 aromatic carbocycles. The fourth-order valence-electron chi connectivity index (χ4n) is 4.98. The van der Waals surface area contributed by atoms with Crippen LogP contribution in [0.15, 0.2) is 60.7 Å². The van der Waals surface area contributed by atoms with Crippen molar-refractivity contribution in [3.05, 3.63) is 88.5 Å². The lowest BCUT2D eigenvalue weighted by atomic mass is 9.87. The van der Waals surface area contributed by atoms with E-state index < -0.39 is 107 Å². The molecule has 1 aliphatic heterocycles. The number of nitriles is 1. The Labute approximate surface area is 255 Å². The van der Waals surface area contributed by atoms with Gasteiger partial charge in [0.25, 0.3) is 11.8 Å². The molecule has 0 spiro atoms. The third kappa shape index (κ3) is 6.46. The minimum absolute atomic E-state index is 0. The molecule has 2 aliphatic rings. The molecule has 1 saturated heterocycles. The molecular weight excluding hydrogens is 590 g/mol. The zero-order valence-corrected chi connectivity index (χ0v) is 22.2. The number of halogens is 5. The second-order valence-corrected chi connectivity index (χ2v) is 10.1. The summed E-state index contributed by atoms with van der Waals surface area (Å²) in [5, 5.41) is 11.0. The fraction of sp³-hybridized carbons (Fsp3) is 0.300. The molecule has 0 radical (unpaired) electrons. The predicted octanol–water partition coefficient (Wildman–Crippen LogP) is 5.70. The monoisotopic (exact) mass is 619 g/mol. The number of hydrogen-bond acceptors (Lipinski definition) is 5. The average Bonchev–Trinajstić information content (AvgIpc) is 3.38. The fourth-order valence-corrected chi connectivity index (χ4v) is 5.18. The van der Waals surface area contributed by atoms with Gasteiger partial charge in [0.1, 0.15) is 29.5 Å². The smallest absolute Gasteiger partial charge is 0.252 e. The molecular formula is C30H26ClF4N5O3. The first kappa shape index (κ1) is 26.2. The van der Waals surface area contributed by atoms with Crippen molar-refractivity contribution in [3.63, 3.8) is 0 Å². The Morgan fingerprint density at radius 1 is 1.19 bits per heavy atom. The van der Waals surface area contributed by atoms with Crippen molar-refractivity contribution in [1.82, 2.24) is 10.3 Å². The summed E-state index contributed by atoms with van der Waals surface area (Å²) in [7, 11) is 0. The van der Waals surface area contributed by atoms with Gasteiger partial charge in [-0.3, -0.25) is 24.2 Å². The summed E-state index contributed by atoms with van der Waals surface area (Å²) in [5.41, 5.74) is -1.21. The van der Waals surface area contributed by atoms with E-state index >= 15 is 0 Å². The van der Waals surface area contributed by atoms with Gasteiger partial charge in [0, 0.05) is 48.2 Å². The molecule has 1 aliphatic carbocycles. The number of amides is 3. The molecule has 2 heterocycles. The van der Waals surface area contributed by atoms with Crippen LogP contribution in [0.5, 0.6) is 0 Å². The maximum atomic E-state index is 14.7. The van der Waals surface area contributed by atoms with E-state index in [1.165, 1.54) is 18.3 Å². The molecule has 224 valence electrons. The van der Waals surface area contributed by atoms with Crippen LogP contribution in [0.2, 0.25) is 5.02 Å². The van der Waals surface area contributed by atoms with E-state index in [1.807, 2.05) is 6.07 Å². The quantitative estimate of drug-likeness (QED) is 0.341. The molecule has 2 fully saturated rings. The van der Waals surface area contributed by atoms with E-state index in [9.17, 15) is 37.2 Å². The second-order valence-electron chi connectivity index (χ2n) is 9.77. The lowest BCUT2D eigenvalue weighted by Crippen LogP contribution is -2.56. The minimum atomic E-state index is -3.10. The van der Waals surface area contributed by atoms with Crippen LogP contribution in [0.1, 0.15) is 55.8 Å². The number of carbonyl (C=O) groups is 3. The van der Waals surface area contributed by atoms with Crippen molar-refractivity contribution in [2.24, 2.45) is 0 Å². The standard InChI is InChI=1S/C29H22ClF4N5O3.CH4/c30-22-4-2-1-3-21(22)26(27(41)37-19-13-29(33,34)14-19)38(20-11-17(31)10-18(32)12-20)28(42)23-5-6-25(40)39(23)24-9-16(15-35)7-8-36-24;/h1-4,7-12,19,23,26H,5-6,13-14H2,(H,37,41);1H4/t23-,26-;/m0./s1/i1D,2D,3D,4D;. The molecule has 1 N–H and O–H groups in total. The van der Waals surface area contributed by atoms with Gasteiger partial charge >= 0.3 is 0 Å². The summed E-state index contributed by atoms with van der Waals surface area (Å²) in [6.07, 6.45) is -0.764. The van der Waals surface area contributed by atoms with Crippen molar-refractivity contribution < 1.29 is 37.4 Å². The SMILES string of the molecule is C.[2H]c1c([2H])c([2H])c([C@@H](C(=O)NC2CC(F)(F)C2)N(C(=O)[C@@H]2CCC(=O)N2c2cc(C#N)ccn2)c2cc(F)cc(F)c2)c(Cl)c1[2H]. The second kappa shape index (κ2) is 12.4. The van der Waals surface area contributed by atoms with Crippen molar-refractivity contribution in [2.75, 3.05) is 9.80 Å². The van der Waals surface area contributed by atoms with E-state index in [1.54, 1.807) is 0 Å². The Morgan fingerprint density at radius 2 is 1.86 bits per heavy atom. The third-order valence-corrected chi connectivity index (χ3v) is 7.16. The van der Waals surface area contributed by atoms with E-state index in [4.69, 9.17) is 17.1 Å². The molecule has 0 unspecified atom stereocenters. The van der Waals surface area contributed by atoms with Gasteiger partial charge in [-0.25, -0.2) is 22.5 Å². The number of carbonyl (C=O) groups excluding carboxylic acids is 3. The summed E-state index contributed by atoms with van der Waals surface area (Å²) >= 11 is 6.38. The van der Waals surface area contributed by atoms with Crippen LogP contribution in [0, 0.1) is 23.0 Å². The Bertz CT molecular complexity index is 1770. The van der Waals surface area contributed by atoms with Gasteiger partial charge in [-0.1, -0.05) is 37.2 Å². The van der Waals surface area contributed by atoms with Crippen LogP contribution < -0.4 is 15.1 Å². The molecule has 0 bridgehead atoms. The highest BCUT2D eigenvalue weighted by molar-refractivity contribution is 6.31. The first-order chi connectivity index (χ1) is 21.6. The Kier molecular flexibility index (Phi) is 7.54. The number of aromatic nitrogens is 1. The number of nitrogens with one attached hydrogen (secondary N) is 1. The number of nitrogens with zero attached hydrogens (tertiary/aromatic N) is 4. The van der Waals surface area contributed by atoms with E-state index in [0.717, 1.165) is 4.90 Å². The number of benzene rings is 2. The summed E-state index contributed by atoms with van der Waals surface area (Å²) < 4.78 is 89.7. The summed E-state index contributed by atoms with van der Waals surface area (Å²) in [6.45, 7) is 0. The van der Waals surface area contributed by atoms with Crippen molar-refractivity contribution in [1.29, 1.82) is 5.26 Å². The number of anilines is 2. The van der Waals surface area contributed by atoms with Gasteiger partial charge in [0.2, 0.25) is 11.8 Å². The van der Waals surface area contributed by atoms with E-state index in [2.05, 4.69) is 10.3 Å². The number of hydrogen-bond donors (Lipinski definition) is 1. The summed E-state index contributed by atoms with van der Waals surface area (Å²) in [6, 6.07) is -1.91. The largest absolute Gasteiger partial charge is 0.351 e. The Hall–Kier alpha value is -4.50. The van der Waals surface area contributed by atoms with Gasteiger partial charge < -0.3 is 5.32 Å². The lowest BCUT2D eigenvalue weighted by molar-refractivity contribution is -0.133. The maximum absolute atomic E-state index is 14.7. The van der Waals surface area contributed by atoms with E-state index in [-0.39, 0.29) is 31.6 Å². The third-order valence-electron chi connectivity index (χ3n) is 6.87.